The van der Waals surface area contributed by atoms with Crippen LogP contribution >= 0.6 is 0 Å². The molecule has 0 fully saturated rings. The number of ketones is 1. The number of Topliss-reactive ketones (excluding diaryl/α,β-unsaturated/α-hetero) is 1. The highest BCUT2D eigenvalue weighted by Gasteiger charge is 2.11. The second-order valence-electron chi connectivity index (χ2n) is 2.89. The van der Waals surface area contributed by atoms with Gasteiger partial charge in [0.15, 0.2) is 5.78 Å². The number of carboxylic acid groups (broad SMARTS) is 1. The normalized spacial score (nSPS) is 10.1. The van der Waals surface area contributed by atoms with E-state index in [2.05, 4.69) is 4.98 Å². The number of aliphatic carboxylic acids is 1. The zero-order valence-corrected chi connectivity index (χ0v) is 7.62. The van der Waals surface area contributed by atoms with Crippen LogP contribution in [0.15, 0.2) is 12.3 Å². The number of carbonyl (C=O) groups is 2. The Morgan fingerprint density at radius 2 is 2.21 bits per heavy atom. The molecule has 0 atom stereocenters. The van der Waals surface area contributed by atoms with E-state index >= 15 is 0 Å². The summed E-state index contributed by atoms with van der Waals surface area (Å²) in [6.45, 7) is -0.0576. The molecular formula is C9H12N2O3. The maximum atomic E-state index is 11.2. The molecule has 1 aromatic heterocycles. The fourth-order valence-electron chi connectivity index (χ4n) is 1.21. The summed E-state index contributed by atoms with van der Waals surface area (Å²) in [4.78, 5) is 24.4. The molecule has 1 aromatic rings. The first kappa shape index (κ1) is 10.5. The fraction of sp³-hybridized carbons (Fsp3) is 0.333. The molecule has 76 valence electrons. The van der Waals surface area contributed by atoms with Gasteiger partial charge in [-0.15, -0.1) is 0 Å². The third kappa shape index (κ3) is 2.43. The van der Waals surface area contributed by atoms with Crippen LogP contribution in [0.2, 0.25) is 0 Å². The van der Waals surface area contributed by atoms with Gasteiger partial charge in [0.05, 0.1) is 13.0 Å². The summed E-state index contributed by atoms with van der Waals surface area (Å²) in [6.07, 6.45) is 1.94. The highest BCUT2D eigenvalue weighted by Crippen LogP contribution is 2.09. The summed E-state index contributed by atoms with van der Waals surface area (Å²) >= 11 is 0. The summed E-state index contributed by atoms with van der Waals surface area (Å²) in [5.41, 5.74) is 6.34. The highest BCUT2D eigenvalue weighted by atomic mass is 16.4. The van der Waals surface area contributed by atoms with Gasteiger partial charge in [-0.1, -0.05) is 0 Å². The number of rotatable bonds is 5. The first-order valence-corrected chi connectivity index (χ1v) is 4.26. The van der Waals surface area contributed by atoms with Crippen LogP contribution in [0.25, 0.3) is 0 Å². The number of carbonyl (C=O) groups excluding carboxylic acids is 1. The van der Waals surface area contributed by atoms with Crippen molar-refractivity contribution < 1.29 is 14.7 Å². The zero-order chi connectivity index (χ0) is 10.6. The van der Waals surface area contributed by atoms with E-state index in [1.807, 2.05) is 0 Å². The number of nitrogens with one attached hydrogen (secondary N) is 1. The molecule has 0 aliphatic heterocycles. The van der Waals surface area contributed by atoms with Gasteiger partial charge in [0.1, 0.15) is 0 Å². The second-order valence-corrected chi connectivity index (χ2v) is 2.89. The number of carboxylic acids is 1. The molecule has 1 rings (SSSR count). The molecular weight excluding hydrogens is 184 g/mol. The molecule has 0 saturated heterocycles. The minimum atomic E-state index is -0.884. The smallest absolute Gasteiger partial charge is 0.303 e. The Morgan fingerprint density at radius 1 is 1.50 bits per heavy atom. The van der Waals surface area contributed by atoms with Crippen LogP contribution in [0.4, 0.5) is 0 Å². The quantitative estimate of drug-likeness (QED) is 0.585. The van der Waals surface area contributed by atoms with Crippen molar-refractivity contribution in [2.45, 2.75) is 12.8 Å². The molecule has 0 aromatic carbocycles. The molecule has 1 heterocycles. The number of nitrogens with two attached hydrogens (primary N) is 1. The van der Waals surface area contributed by atoms with Crippen LogP contribution in [0.5, 0.6) is 0 Å². The van der Waals surface area contributed by atoms with Gasteiger partial charge in [0.2, 0.25) is 0 Å². The SMILES string of the molecule is NCC(=O)c1cc[nH]c1CCC(=O)O. The molecule has 5 nitrogen and oxygen atoms in total. The van der Waals surface area contributed by atoms with E-state index in [4.69, 9.17) is 10.8 Å². The van der Waals surface area contributed by atoms with Gasteiger partial charge in [-0.2, -0.15) is 0 Å². The lowest BCUT2D eigenvalue weighted by molar-refractivity contribution is -0.136. The summed E-state index contributed by atoms with van der Waals surface area (Å²) in [5.74, 6) is -1.06. The molecule has 0 aliphatic rings. The largest absolute Gasteiger partial charge is 0.481 e. The second kappa shape index (κ2) is 4.57. The lowest BCUT2D eigenvalue weighted by Crippen LogP contribution is -2.15. The van der Waals surface area contributed by atoms with Crippen LogP contribution in [0.3, 0.4) is 0 Å². The summed E-state index contributed by atoms with van der Waals surface area (Å²) in [7, 11) is 0. The van der Waals surface area contributed by atoms with Gasteiger partial charge < -0.3 is 15.8 Å². The number of aromatic nitrogens is 1. The predicted octanol–water partition coefficient (Wildman–Crippen LogP) is 0.173. The molecule has 0 spiro atoms. The molecule has 0 amide bonds. The lowest BCUT2D eigenvalue weighted by atomic mass is 10.1. The maximum Gasteiger partial charge on any atom is 0.303 e. The average Bonchev–Trinajstić information content (AvgIpc) is 2.61. The van der Waals surface area contributed by atoms with E-state index in [1.165, 1.54) is 0 Å². The molecule has 0 unspecified atom stereocenters. The van der Waals surface area contributed by atoms with Crippen molar-refractivity contribution in [3.8, 4) is 0 Å². The molecule has 0 aliphatic carbocycles. The van der Waals surface area contributed by atoms with E-state index in [-0.39, 0.29) is 18.7 Å². The fourth-order valence-corrected chi connectivity index (χ4v) is 1.21. The first-order chi connectivity index (χ1) is 6.65. The number of hydrogen-bond acceptors (Lipinski definition) is 3. The Balaban J connectivity index is 2.72. The Bertz CT molecular complexity index is 344. The van der Waals surface area contributed by atoms with Crippen molar-refractivity contribution in [2.75, 3.05) is 6.54 Å². The van der Waals surface area contributed by atoms with Gasteiger partial charge in [-0.3, -0.25) is 9.59 Å². The van der Waals surface area contributed by atoms with Gasteiger partial charge >= 0.3 is 5.97 Å². The molecule has 0 bridgehead atoms. The minimum absolute atomic E-state index is 0.00532. The number of aryl methyl sites for hydroxylation is 1. The predicted molar refractivity (Wildman–Crippen MR) is 50.1 cm³/mol. The molecule has 0 saturated carbocycles. The lowest BCUT2D eigenvalue weighted by Gasteiger charge is -1.99. The number of hydrogen-bond donors (Lipinski definition) is 3. The Morgan fingerprint density at radius 3 is 2.79 bits per heavy atom. The summed E-state index contributed by atoms with van der Waals surface area (Å²) in [6, 6.07) is 1.62. The van der Waals surface area contributed by atoms with Crippen molar-refractivity contribution in [1.29, 1.82) is 0 Å². The van der Waals surface area contributed by atoms with E-state index in [9.17, 15) is 9.59 Å². The Hall–Kier alpha value is -1.62. The van der Waals surface area contributed by atoms with E-state index in [0.29, 0.717) is 17.7 Å². The first-order valence-electron chi connectivity index (χ1n) is 4.26. The van der Waals surface area contributed by atoms with E-state index in [1.54, 1.807) is 12.3 Å². The summed E-state index contributed by atoms with van der Waals surface area (Å²) < 4.78 is 0. The zero-order valence-electron chi connectivity index (χ0n) is 7.62. The molecule has 14 heavy (non-hydrogen) atoms. The molecule has 5 heteroatoms. The van der Waals surface area contributed by atoms with Crippen molar-refractivity contribution in [3.63, 3.8) is 0 Å². The van der Waals surface area contributed by atoms with E-state index < -0.39 is 5.97 Å². The number of H-pyrrole nitrogens is 1. The maximum absolute atomic E-state index is 11.2. The van der Waals surface area contributed by atoms with Gasteiger partial charge in [-0.25, -0.2) is 0 Å². The Labute approximate surface area is 80.9 Å². The van der Waals surface area contributed by atoms with Crippen LogP contribution in [0, 0.1) is 0 Å². The van der Waals surface area contributed by atoms with Crippen LogP contribution in [-0.4, -0.2) is 28.4 Å². The third-order valence-electron chi connectivity index (χ3n) is 1.91. The standard InChI is InChI=1S/C9H12N2O3/c10-5-8(12)6-3-4-11-7(6)1-2-9(13)14/h3-4,11H,1-2,5,10H2,(H,13,14). The molecule has 0 radical (unpaired) electrons. The van der Waals surface area contributed by atoms with E-state index in [0.717, 1.165) is 0 Å². The van der Waals surface area contributed by atoms with Crippen molar-refractivity contribution >= 4 is 11.8 Å². The number of aromatic amines is 1. The third-order valence-corrected chi connectivity index (χ3v) is 1.91. The Kier molecular flexibility index (Phi) is 3.41. The van der Waals surface area contributed by atoms with Crippen LogP contribution in [-0.2, 0) is 11.2 Å². The summed E-state index contributed by atoms with van der Waals surface area (Å²) in [5, 5.41) is 8.48. The highest BCUT2D eigenvalue weighted by molar-refractivity contribution is 5.98. The van der Waals surface area contributed by atoms with Gasteiger partial charge in [0, 0.05) is 17.5 Å². The topological polar surface area (TPSA) is 96.2 Å². The van der Waals surface area contributed by atoms with Crippen molar-refractivity contribution in [3.05, 3.63) is 23.5 Å². The monoisotopic (exact) mass is 196 g/mol. The van der Waals surface area contributed by atoms with Gasteiger partial charge in [0.25, 0.3) is 0 Å². The minimum Gasteiger partial charge on any atom is -0.481 e. The van der Waals surface area contributed by atoms with Crippen LogP contribution in [0.1, 0.15) is 22.5 Å². The van der Waals surface area contributed by atoms with Crippen molar-refractivity contribution in [2.24, 2.45) is 5.73 Å². The average molecular weight is 196 g/mol. The van der Waals surface area contributed by atoms with Crippen LogP contribution < -0.4 is 5.73 Å². The van der Waals surface area contributed by atoms with Gasteiger partial charge in [-0.05, 0) is 12.5 Å². The molecule has 4 N–H and O–H groups in total. The van der Waals surface area contributed by atoms with Crippen molar-refractivity contribution in [1.82, 2.24) is 4.98 Å².